The molecular formula is C29H35N5O5. The van der Waals surface area contributed by atoms with Gasteiger partial charge in [-0.25, -0.2) is 14.1 Å². The Morgan fingerprint density at radius 1 is 0.949 bits per heavy atom. The van der Waals surface area contributed by atoms with Crippen molar-refractivity contribution in [3.8, 4) is 11.1 Å². The number of pyridine rings is 1. The lowest BCUT2D eigenvalue weighted by molar-refractivity contribution is 0.0541. The normalized spacial score (nSPS) is 12.1. The van der Waals surface area contributed by atoms with Crippen LogP contribution in [0, 0.1) is 13.8 Å². The molecule has 0 saturated carbocycles. The maximum Gasteiger partial charge on any atom is 0.419 e. The maximum atomic E-state index is 13.3. The fraction of sp³-hybridized carbons (Fsp3) is 0.379. The predicted molar refractivity (Wildman–Crippen MR) is 150 cm³/mol. The van der Waals surface area contributed by atoms with E-state index in [4.69, 9.17) is 15.2 Å². The van der Waals surface area contributed by atoms with Gasteiger partial charge in [-0.3, -0.25) is 14.3 Å². The van der Waals surface area contributed by atoms with Crippen molar-refractivity contribution in [1.29, 1.82) is 0 Å². The Bertz CT molecular complexity index is 1630. The number of rotatable bonds is 3. The number of anilines is 1. The van der Waals surface area contributed by atoms with Crippen molar-refractivity contribution < 1.29 is 23.9 Å². The third-order valence-electron chi connectivity index (χ3n) is 6.01. The zero-order valence-corrected chi connectivity index (χ0v) is 23.9. The van der Waals surface area contributed by atoms with Crippen molar-refractivity contribution in [3.05, 3.63) is 53.3 Å². The summed E-state index contributed by atoms with van der Waals surface area (Å²) in [6, 6.07) is 7.53. The van der Waals surface area contributed by atoms with Gasteiger partial charge in [-0.05, 0) is 84.7 Å². The highest BCUT2D eigenvalue weighted by Gasteiger charge is 2.27. The van der Waals surface area contributed by atoms with Crippen molar-refractivity contribution >= 4 is 40.3 Å². The molecule has 206 valence electrons. The van der Waals surface area contributed by atoms with Crippen molar-refractivity contribution in [1.82, 2.24) is 14.2 Å². The van der Waals surface area contributed by atoms with Crippen molar-refractivity contribution in [2.75, 3.05) is 11.9 Å². The lowest BCUT2D eigenvalue weighted by atomic mass is 10.0. The summed E-state index contributed by atoms with van der Waals surface area (Å²) in [5.74, 6) is -0.303. The third-order valence-corrected chi connectivity index (χ3v) is 6.01. The van der Waals surface area contributed by atoms with E-state index < -0.39 is 29.3 Å². The second-order valence-corrected chi connectivity index (χ2v) is 11.7. The van der Waals surface area contributed by atoms with E-state index >= 15 is 0 Å². The van der Waals surface area contributed by atoms with Gasteiger partial charge in [0.2, 0.25) is 0 Å². The second kappa shape index (κ2) is 9.44. The highest BCUT2D eigenvalue weighted by molar-refractivity contribution is 6.05. The van der Waals surface area contributed by atoms with E-state index in [1.54, 1.807) is 46.1 Å². The zero-order chi connectivity index (χ0) is 29.0. The average molecular weight is 534 g/mol. The molecule has 10 heteroatoms. The van der Waals surface area contributed by atoms with E-state index in [0.29, 0.717) is 28.0 Å². The fourth-order valence-corrected chi connectivity index (χ4v) is 4.51. The van der Waals surface area contributed by atoms with Crippen LogP contribution >= 0.6 is 0 Å². The molecule has 0 aliphatic carbocycles. The summed E-state index contributed by atoms with van der Waals surface area (Å²) in [6.07, 6.45) is 1.97. The Hall–Kier alpha value is -4.34. The Balaban J connectivity index is 2.01. The van der Waals surface area contributed by atoms with Gasteiger partial charge in [-0.2, -0.15) is 5.10 Å². The molecule has 0 aliphatic heterocycles. The first kappa shape index (κ1) is 27.7. The van der Waals surface area contributed by atoms with Gasteiger partial charge in [0.15, 0.2) is 0 Å². The van der Waals surface area contributed by atoms with Crippen LogP contribution in [-0.2, 0) is 9.47 Å². The van der Waals surface area contributed by atoms with Crippen LogP contribution in [0.25, 0.3) is 27.5 Å². The Labute approximate surface area is 227 Å². The third kappa shape index (κ3) is 5.45. The van der Waals surface area contributed by atoms with Crippen LogP contribution < -0.4 is 10.6 Å². The molecule has 0 saturated heterocycles. The number of aromatic nitrogens is 3. The summed E-state index contributed by atoms with van der Waals surface area (Å²) in [5.41, 5.74) is 8.81. The van der Waals surface area contributed by atoms with Crippen LogP contribution in [0.5, 0.6) is 0 Å². The number of aryl methyl sites for hydroxylation is 2. The number of ether oxygens (including phenoxy) is 2. The molecule has 0 spiro atoms. The van der Waals surface area contributed by atoms with Crippen molar-refractivity contribution in [2.24, 2.45) is 5.73 Å². The summed E-state index contributed by atoms with van der Waals surface area (Å²) in [7, 11) is 1.57. The van der Waals surface area contributed by atoms with Gasteiger partial charge < -0.3 is 15.2 Å². The number of hydrogen-bond acceptors (Lipinski definition) is 6. The standard InChI is InChI=1S/C29H35N5O5/c1-16-10-17(2)24-19(11-16)21(15-33(24)27(37)39-29(6,7)8)18-12-22-20(25(30)35)14-31-34(22)23(13-18)32(9)26(36)38-28(3,4)5/h10-15H,1-9H3,(H2,30,35). The van der Waals surface area contributed by atoms with Gasteiger partial charge in [-0.1, -0.05) is 11.6 Å². The molecule has 4 aromatic rings. The van der Waals surface area contributed by atoms with Crippen LogP contribution in [0.2, 0.25) is 0 Å². The van der Waals surface area contributed by atoms with Crippen LogP contribution in [0.15, 0.2) is 36.7 Å². The monoisotopic (exact) mass is 533 g/mol. The molecular weight excluding hydrogens is 498 g/mol. The van der Waals surface area contributed by atoms with E-state index in [2.05, 4.69) is 5.10 Å². The highest BCUT2D eigenvalue weighted by atomic mass is 16.6. The molecule has 0 atom stereocenters. The summed E-state index contributed by atoms with van der Waals surface area (Å²) < 4.78 is 14.2. The number of carbonyl (C=O) groups excluding carboxylic acids is 3. The Kier molecular flexibility index (Phi) is 6.70. The van der Waals surface area contributed by atoms with Gasteiger partial charge in [0.1, 0.15) is 17.0 Å². The van der Waals surface area contributed by atoms with Gasteiger partial charge in [-0.15, -0.1) is 0 Å². The van der Waals surface area contributed by atoms with Crippen LogP contribution in [0.4, 0.5) is 15.4 Å². The number of nitrogens with two attached hydrogens (primary N) is 1. The maximum absolute atomic E-state index is 13.3. The molecule has 0 fully saturated rings. The second-order valence-electron chi connectivity index (χ2n) is 11.7. The van der Waals surface area contributed by atoms with Crippen LogP contribution in [0.3, 0.4) is 0 Å². The number of hydrogen-bond donors (Lipinski definition) is 1. The summed E-state index contributed by atoms with van der Waals surface area (Å²) in [5, 5.41) is 5.14. The minimum Gasteiger partial charge on any atom is -0.443 e. The molecule has 10 nitrogen and oxygen atoms in total. The minimum absolute atomic E-state index is 0.193. The summed E-state index contributed by atoms with van der Waals surface area (Å²) in [4.78, 5) is 39.9. The molecule has 0 bridgehead atoms. The molecule has 2 N–H and O–H groups in total. The van der Waals surface area contributed by atoms with Crippen molar-refractivity contribution in [2.45, 2.75) is 66.6 Å². The SMILES string of the molecule is Cc1cc(C)c2c(c1)c(-c1cc(N(C)C(=O)OC(C)(C)C)n3ncc(C(N)=O)c3c1)cn2C(=O)OC(C)(C)C. The highest BCUT2D eigenvalue weighted by Crippen LogP contribution is 2.37. The molecule has 4 rings (SSSR count). The van der Waals surface area contributed by atoms with Gasteiger partial charge in [0.05, 0.1) is 22.8 Å². The molecule has 3 heterocycles. The van der Waals surface area contributed by atoms with E-state index in [9.17, 15) is 14.4 Å². The summed E-state index contributed by atoms with van der Waals surface area (Å²) >= 11 is 0. The van der Waals surface area contributed by atoms with Gasteiger partial charge in [0.25, 0.3) is 5.91 Å². The number of benzene rings is 1. The smallest absolute Gasteiger partial charge is 0.419 e. The largest absolute Gasteiger partial charge is 0.443 e. The van der Waals surface area contributed by atoms with E-state index in [-0.39, 0.29) is 5.56 Å². The van der Waals surface area contributed by atoms with E-state index in [1.807, 2.05) is 46.8 Å². The topological polar surface area (TPSA) is 121 Å². The average Bonchev–Trinajstić information content (AvgIpc) is 3.37. The van der Waals surface area contributed by atoms with Crippen molar-refractivity contribution in [3.63, 3.8) is 0 Å². The zero-order valence-electron chi connectivity index (χ0n) is 23.9. The van der Waals surface area contributed by atoms with Gasteiger partial charge >= 0.3 is 12.2 Å². The summed E-state index contributed by atoms with van der Waals surface area (Å²) in [6.45, 7) is 14.7. The number of fused-ring (bicyclic) bond motifs is 2. The number of amides is 2. The Morgan fingerprint density at radius 2 is 1.59 bits per heavy atom. The van der Waals surface area contributed by atoms with Gasteiger partial charge in [0, 0.05) is 24.2 Å². The first-order chi connectivity index (χ1) is 18.0. The number of primary amides is 1. The Morgan fingerprint density at radius 3 is 2.18 bits per heavy atom. The van der Waals surface area contributed by atoms with E-state index in [1.165, 1.54) is 20.2 Å². The molecule has 0 radical (unpaired) electrons. The lowest BCUT2D eigenvalue weighted by Crippen LogP contribution is -2.35. The minimum atomic E-state index is -0.722. The molecule has 2 amide bonds. The lowest BCUT2D eigenvalue weighted by Gasteiger charge is -2.25. The molecule has 0 unspecified atom stereocenters. The first-order valence-electron chi connectivity index (χ1n) is 12.6. The number of nitrogens with zero attached hydrogens (tertiary/aromatic N) is 4. The molecule has 0 aliphatic rings. The quantitative estimate of drug-likeness (QED) is 0.354. The molecule has 1 aromatic carbocycles. The first-order valence-corrected chi connectivity index (χ1v) is 12.6. The van der Waals surface area contributed by atoms with Crippen LogP contribution in [0.1, 0.15) is 63.0 Å². The predicted octanol–water partition coefficient (Wildman–Crippen LogP) is 5.83. The van der Waals surface area contributed by atoms with E-state index in [0.717, 1.165) is 16.5 Å². The molecule has 3 aromatic heterocycles. The molecule has 39 heavy (non-hydrogen) atoms. The van der Waals surface area contributed by atoms with Crippen LogP contribution in [-0.4, -0.2) is 50.5 Å². The number of carbonyl (C=O) groups is 3. The fourth-order valence-electron chi connectivity index (χ4n) is 4.51.